The van der Waals surface area contributed by atoms with Crippen molar-refractivity contribution in [2.75, 3.05) is 37.8 Å². The number of nitrogens with one attached hydrogen (secondary N) is 1. The summed E-state index contributed by atoms with van der Waals surface area (Å²) in [4.78, 5) is 6.40. The van der Waals surface area contributed by atoms with E-state index in [1.54, 1.807) is 0 Å². The van der Waals surface area contributed by atoms with Crippen molar-refractivity contribution in [3.8, 4) is 0 Å². The van der Waals surface area contributed by atoms with Crippen LogP contribution in [-0.2, 0) is 0 Å². The first-order valence-electron chi connectivity index (χ1n) is 5.33. The van der Waals surface area contributed by atoms with Crippen molar-refractivity contribution < 1.29 is 0 Å². The lowest BCUT2D eigenvalue weighted by Gasteiger charge is -2.16. The molecular formula is C11H20N4. The molecule has 0 amide bonds. The van der Waals surface area contributed by atoms with E-state index in [1.807, 2.05) is 32.4 Å². The first-order valence-corrected chi connectivity index (χ1v) is 5.33. The number of anilines is 2. The Labute approximate surface area is 91.5 Å². The molecule has 15 heavy (non-hydrogen) atoms. The molecule has 1 saturated heterocycles. The molecule has 1 aromatic heterocycles. The van der Waals surface area contributed by atoms with E-state index in [9.17, 15) is 0 Å². The van der Waals surface area contributed by atoms with E-state index >= 15 is 0 Å². The number of rotatable bonds is 1. The van der Waals surface area contributed by atoms with Gasteiger partial charge in [0.1, 0.15) is 5.82 Å². The lowest BCUT2D eigenvalue weighted by atomic mass is 10.4. The molecule has 4 heteroatoms. The Kier molecular flexibility index (Phi) is 4.90. The van der Waals surface area contributed by atoms with Crippen LogP contribution in [0, 0.1) is 0 Å². The van der Waals surface area contributed by atoms with Gasteiger partial charge in [-0.3, -0.25) is 0 Å². The van der Waals surface area contributed by atoms with Gasteiger partial charge in [-0.25, -0.2) is 4.98 Å². The SMILES string of the molecule is CNC.Nc1ccc(N2CCCC2)cn1. The van der Waals surface area contributed by atoms with Crippen LogP contribution >= 0.6 is 0 Å². The quantitative estimate of drug-likeness (QED) is 0.725. The predicted molar refractivity (Wildman–Crippen MR) is 65.1 cm³/mol. The number of pyridine rings is 1. The Morgan fingerprint density at radius 3 is 2.33 bits per heavy atom. The second kappa shape index (κ2) is 6.24. The van der Waals surface area contributed by atoms with Gasteiger partial charge in [0.05, 0.1) is 11.9 Å². The molecule has 2 rings (SSSR count). The molecule has 2 heterocycles. The molecule has 0 aliphatic carbocycles. The molecule has 1 aromatic rings. The first-order chi connectivity index (χ1) is 7.27. The molecule has 84 valence electrons. The number of nitrogens with zero attached hydrogens (tertiary/aromatic N) is 2. The topological polar surface area (TPSA) is 54.2 Å². The van der Waals surface area contributed by atoms with Gasteiger partial charge in [0.2, 0.25) is 0 Å². The Balaban J connectivity index is 0.000000337. The van der Waals surface area contributed by atoms with Crippen LogP contribution in [0.25, 0.3) is 0 Å². The van der Waals surface area contributed by atoms with E-state index < -0.39 is 0 Å². The van der Waals surface area contributed by atoms with Crippen molar-refractivity contribution >= 4 is 11.5 Å². The molecule has 0 aromatic carbocycles. The molecule has 3 N–H and O–H groups in total. The number of hydrogen-bond donors (Lipinski definition) is 2. The van der Waals surface area contributed by atoms with Crippen LogP contribution in [0.1, 0.15) is 12.8 Å². The highest BCUT2D eigenvalue weighted by molar-refractivity contribution is 5.48. The van der Waals surface area contributed by atoms with Gasteiger partial charge in [0, 0.05) is 13.1 Å². The summed E-state index contributed by atoms with van der Waals surface area (Å²) in [5, 5.41) is 2.75. The molecule has 0 radical (unpaired) electrons. The van der Waals surface area contributed by atoms with Crippen LogP contribution in [0.15, 0.2) is 18.3 Å². The van der Waals surface area contributed by atoms with Crippen molar-refractivity contribution in [1.82, 2.24) is 10.3 Å². The minimum Gasteiger partial charge on any atom is -0.384 e. The van der Waals surface area contributed by atoms with Crippen LogP contribution < -0.4 is 16.0 Å². The maximum Gasteiger partial charge on any atom is 0.123 e. The first kappa shape index (κ1) is 11.8. The minimum atomic E-state index is 0.595. The van der Waals surface area contributed by atoms with Gasteiger partial charge in [-0.1, -0.05) is 0 Å². The van der Waals surface area contributed by atoms with Crippen LogP contribution in [0.3, 0.4) is 0 Å². The standard InChI is InChI=1S/C9H13N3.C2H7N/c10-9-4-3-8(7-11-9)12-5-1-2-6-12;1-3-2/h3-4,7H,1-2,5-6H2,(H2,10,11);3H,1-2H3. The Morgan fingerprint density at radius 1 is 1.27 bits per heavy atom. The normalized spacial score (nSPS) is 14.7. The van der Waals surface area contributed by atoms with E-state index in [1.165, 1.54) is 18.5 Å². The summed E-state index contributed by atoms with van der Waals surface area (Å²) < 4.78 is 0. The monoisotopic (exact) mass is 208 g/mol. The van der Waals surface area contributed by atoms with Gasteiger partial charge < -0.3 is 16.0 Å². The molecule has 0 unspecified atom stereocenters. The zero-order valence-corrected chi connectivity index (χ0v) is 9.53. The molecule has 0 bridgehead atoms. The van der Waals surface area contributed by atoms with Gasteiger partial charge in [-0.15, -0.1) is 0 Å². The largest absolute Gasteiger partial charge is 0.384 e. The van der Waals surface area contributed by atoms with E-state index in [2.05, 4.69) is 15.2 Å². The fraction of sp³-hybridized carbons (Fsp3) is 0.545. The lowest BCUT2D eigenvalue weighted by molar-refractivity contribution is 0.949. The fourth-order valence-corrected chi connectivity index (χ4v) is 1.56. The summed E-state index contributed by atoms with van der Waals surface area (Å²) in [6.45, 7) is 2.32. The summed E-state index contributed by atoms with van der Waals surface area (Å²) in [6.07, 6.45) is 4.44. The molecule has 1 aliphatic heterocycles. The average molecular weight is 208 g/mol. The van der Waals surface area contributed by atoms with E-state index in [-0.39, 0.29) is 0 Å². The molecule has 0 saturated carbocycles. The highest BCUT2D eigenvalue weighted by Gasteiger charge is 2.11. The number of nitrogen functional groups attached to an aromatic ring is 1. The maximum absolute atomic E-state index is 5.50. The third kappa shape index (κ3) is 3.75. The van der Waals surface area contributed by atoms with Gasteiger partial charge in [0.15, 0.2) is 0 Å². The van der Waals surface area contributed by atoms with Gasteiger partial charge in [0.25, 0.3) is 0 Å². The molecule has 4 nitrogen and oxygen atoms in total. The lowest BCUT2D eigenvalue weighted by Crippen LogP contribution is -2.17. The van der Waals surface area contributed by atoms with Crippen molar-refractivity contribution in [3.63, 3.8) is 0 Å². The predicted octanol–water partition coefficient (Wildman–Crippen LogP) is 1.10. The highest BCUT2D eigenvalue weighted by atomic mass is 15.1. The van der Waals surface area contributed by atoms with Gasteiger partial charge in [-0.05, 0) is 39.1 Å². The zero-order chi connectivity index (χ0) is 11.1. The van der Waals surface area contributed by atoms with Crippen LogP contribution in [0.5, 0.6) is 0 Å². The van der Waals surface area contributed by atoms with Crippen molar-refractivity contribution in [2.45, 2.75) is 12.8 Å². The molecule has 1 fully saturated rings. The Hall–Kier alpha value is -1.29. The van der Waals surface area contributed by atoms with E-state index in [0.29, 0.717) is 5.82 Å². The Bertz CT molecular complexity index is 264. The third-order valence-corrected chi connectivity index (χ3v) is 2.24. The second-order valence-corrected chi connectivity index (χ2v) is 3.64. The number of hydrogen-bond acceptors (Lipinski definition) is 4. The molecule has 1 aliphatic rings. The van der Waals surface area contributed by atoms with Gasteiger partial charge in [-0.2, -0.15) is 0 Å². The smallest absolute Gasteiger partial charge is 0.123 e. The third-order valence-electron chi connectivity index (χ3n) is 2.24. The highest BCUT2D eigenvalue weighted by Crippen LogP contribution is 2.19. The molecule has 0 atom stereocenters. The van der Waals surface area contributed by atoms with Gasteiger partial charge >= 0.3 is 0 Å². The summed E-state index contributed by atoms with van der Waals surface area (Å²) in [7, 11) is 3.75. The van der Waals surface area contributed by atoms with Crippen LogP contribution in [-0.4, -0.2) is 32.2 Å². The molecular weight excluding hydrogens is 188 g/mol. The average Bonchev–Trinajstić information content (AvgIpc) is 2.73. The minimum absolute atomic E-state index is 0.595. The molecule has 0 spiro atoms. The number of nitrogens with two attached hydrogens (primary N) is 1. The van der Waals surface area contributed by atoms with E-state index in [0.717, 1.165) is 13.1 Å². The Morgan fingerprint density at radius 2 is 1.87 bits per heavy atom. The van der Waals surface area contributed by atoms with Crippen molar-refractivity contribution in [2.24, 2.45) is 0 Å². The van der Waals surface area contributed by atoms with Crippen molar-refractivity contribution in [1.29, 1.82) is 0 Å². The van der Waals surface area contributed by atoms with Crippen LogP contribution in [0.2, 0.25) is 0 Å². The zero-order valence-electron chi connectivity index (χ0n) is 9.53. The number of aromatic nitrogens is 1. The summed E-state index contributed by atoms with van der Waals surface area (Å²) >= 11 is 0. The fourth-order valence-electron chi connectivity index (χ4n) is 1.56. The summed E-state index contributed by atoms with van der Waals surface area (Å²) in [6, 6.07) is 3.89. The second-order valence-electron chi connectivity index (χ2n) is 3.64. The maximum atomic E-state index is 5.50. The summed E-state index contributed by atoms with van der Waals surface area (Å²) in [5.74, 6) is 0.595. The summed E-state index contributed by atoms with van der Waals surface area (Å²) in [5.41, 5.74) is 6.69. The van der Waals surface area contributed by atoms with Crippen LogP contribution in [0.4, 0.5) is 11.5 Å². The van der Waals surface area contributed by atoms with Crippen molar-refractivity contribution in [3.05, 3.63) is 18.3 Å². The van der Waals surface area contributed by atoms with E-state index in [4.69, 9.17) is 5.73 Å².